The number of nitrogens with zero attached hydrogens (tertiary/aromatic N) is 2. The van der Waals surface area contributed by atoms with Crippen molar-refractivity contribution in [3.63, 3.8) is 0 Å². The Morgan fingerprint density at radius 3 is 2.78 bits per heavy atom. The van der Waals surface area contributed by atoms with Crippen LogP contribution >= 0.6 is 23.7 Å². The van der Waals surface area contributed by atoms with Gasteiger partial charge in [-0.1, -0.05) is 20.8 Å². The molecule has 2 rings (SSSR count). The van der Waals surface area contributed by atoms with Crippen LogP contribution in [0.1, 0.15) is 43.5 Å². The fourth-order valence-corrected chi connectivity index (χ4v) is 3.17. The Balaban J connectivity index is 0.00000162. The molecule has 0 bridgehead atoms. The van der Waals surface area contributed by atoms with Crippen molar-refractivity contribution in [2.45, 2.75) is 51.6 Å². The van der Waals surface area contributed by atoms with Crippen LogP contribution in [0.15, 0.2) is 6.20 Å². The van der Waals surface area contributed by atoms with E-state index in [1.807, 2.05) is 17.5 Å². The Hall–Kier alpha value is -0.160. The molecule has 1 aromatic heterocycles. The number of hydrogen-bond acceptors (Lipinski definition) is 4. The lowest BCUT2D eigenvalue weighted by atomic mass is 9.96. The maximum absolute atomic E-state index is 5.99. The standard InChI is InChI=1S/C13H23N3S.ClH/c1-13(2,3)11-7-15-12(17-11)9-16-6-4-5-10(14)8-16;/h7,10H,4-6,8-9,14H2,1-3H3;1H. The molecule has 2 heterocycles. The van der Waals surface area contributed by atoms with Gasteiger partial charge >= 0.3 is 0 Å². The van der Waals surface area contributed by atoms with Gasteiger partial charge in [0.1, 0.15) is 5.01 Å². The first-order chi connectivity index (χ1) is 7.95. The van der Waals surface area contributed by atoms with Crippen LogP contribution in [0.4, 0.5) is 0 Å². The Labute approximate surface area is 120 Å². The van der Waals surface area contributed by atoms with Gasteiger partial charge in [-0.3, -0.25) is 4.90 Å². The van der Waals surface area contributed by atoms with Crippen LogP contribution in [-0.2, 0) is 12.0 Å². The molecular weight excluding hydrogens is 266 g/mol. The molecular formula is C13H24ClN3S. The molecule has 1 aromatic rings. The van der Waals surface area contributed by atoms with E-state index >= 15 is 0 Å². The van der Waals surface area contributed by atoms with Gasteiger partial charge < -0.3 is 5.73 Å². The molecule has 0 radical (unpaired) electrons. The maximum Gasteiger partial charge on any atom is 0.107 e. The van der Waals surface area contributed by atoms with Crippen molar-refractivity contribution in [3.8, 4) is 0 Å². The zero-order chi connectivity index (χ0) is 12.5. The number of halogens is 1. The monoisotopic (exact) mass is 289 g/mol. The predicted molar refractivity (Wildman–Crippen MR) is 80.5 cm³/mol. The molecule has 0 aliphatic carbocycles. The third-order valence-corrected chi connectivity index (χ3v) is 4.60. The van der Waals surface area contributed by atoms with Crippen LogP contribution < -0.4 is 5.73 Å². The Bertz CT molecular complexity index is 373. The molecule has 5 heteroatoms. The zero-order valence-electron chi connectivity index (χ0n) is 11.5. The molecule has 1 fully saturated rings. The van der Waals surface area contributed by atoms with E-state index in [2.05, 4.69) is 30.7 Å². The van der Waals surface area contributed by atoms with Gasteiger partial charge in [0.2, 0.25) is 0 Å². The summed E-state index contributed by atoms with van der Waals surface area (Å²) in [5, 5.41) is 1.23. The average molecular weight is 290 g/mol. The van der Waals surface area contributed by atoms with Crippen molar-refractivity contribution in [2.24, 2.45) is 5.73 Å². The van der Waals surface area contributed by atoms with Crippen molar-refractivity contribution in [1.29, 1.82) is 0 Å². The number of nitrogens with two attached hydrogens (primary N) is 1. The first-order valence-electron chi connectivity index (χ1n) is 6.38. The lowest BCUT2D eigenvalue weighted by Gasteiger charge is -2.29. The summed E-state index contributed by atoms with van der Waals surface area (Å²) in [6, 6.07) is 0.353. The van der Waals surface area contributed by atoms with E-state index in [-0.39, 0.29) is 17.8 Å². The molecule has 1 unspecified atom stereocenters. The summed E-state index contributed by atoms with van der Waals surface area (Å²) in [5.74, 6) is 0. The number of aromatic nitrogens is 1. The van der Waals surface area contributed by atoms with Crippen LogP contribution in [0.3, 0.4) is 0 Å². The molecule has 3 nitrogen and oxygen atoms in total. The third kappa shape index (κ3) is 4.19. The zero-order valence-corrected chi connectivity index (χ0v) is 13.1. The van der Waals surface area contributed by atoms with E-state index in [1.165, 1.54) is 22.7 Å². The van der Waals surface area contributed by atoms with Gasteiger partial charge in [-0.25, -0.2) is 4.98 Å². The van der Waals surface area contributed by atoms with Gasteiger partial charge in [0.05, 0.1) is 6.54 Å². The van der Waals surface area contributed by atoms with Crippen LogP contribution in [0.5, 0.6) is 0 Å². The highest BCUT2D eigenvalue weighted by atomic mass is 35.5. The molecule has 0 aromatic carbocycles. The second-order valence-electron chi connectivity index (χ2n) is 6.01. The lowest BCUT2D eigenvalue weighted by Crippen LogP contribution is -2.42. The molecule has 0 amide bonds. The van der Waals surface area contributed by atoms with Crippen molar-refractivity contribution >= 4 is 23.7 Å². The minimum atomic E-state index is 0. The smallest absolute Gasteiger partial charge is 0.107 e. The number of rotatable bonds is 2. The van der Waals surface area contributed by atoms with Crippen LogP contribution in [0.25, 0.3) is 0 Å². The van der Waals surface area contributed by atoms with E-state index in [0.29, 0.717) is 6.04 Å². The fourth-order valence-electron chi connectivity index (χ4n) is 2.16. The van der Waals surface area contributed by atoms with Gasteiger partial charge in [0.25, 0.3) is 0 Å². The van der Waals surface area contributed by atoms with Crippen LogP contribution in [-0.4, -0.2) is 29.0 Å². The average Bonchev–Trinajstić information content (AvgIpc) is 2.65. The summed E-state index contributed by atoms with van der Waals surface area (Å²) in [5.41, 5.74) is 6.21. The summed E-state index contributed by atoms with van der Waals surface area (Å²) in [7, 11) is 0. The summed E-state index contributed by atoms with van der Waals surface area (Å²) in [6.07, 6.45) is 4.42. The highest BCUT2D eigenvalue weighted by Gasteiger charge is 2.20. The largest absolute Gasteiger partial charge is 0.327 e. The first kappa shape index (κ1) is 15.9. The van der Waals surface area contributed by atoms with Gasteiger partial charge in [-0.2, -0.15) is 0 Å². The minimum absolute atomic E-state index is 0. The molecule has 104 valence electrons. The fraction of sp³-hybridized carbons (Fsp3) is 0.769. The van der Waals surface area contributed by atoms with Crippen molar-refractivity contribution in [3.05, 3.63) is 16.1 Å². The molecule has 1 saturated heterocycles. The molecule has 1 aliphatic rings. The maximum atomic E-state index is 5.99. The minimum Gasteiger partial charge on any atom is -0.327 e. The van der Waals surface area contributed by atoms with Crippen LogP contribution in [0.2, 0.25) is 0 Å². The van der Waals surface area contributed by atoms with Crippen molar-refractivity contribution in [2.75, 3.05) is 13.1 Å². The molecule has 18 heavy (non-hydrogen) atoms. The van der Waals surface area contributed by atoms with Crippen LogP contribution in [0, 0.1) is 0 Å². The van der Waals surface area contributed by atoms with E-state index in [0.717, 1.165) is 19.6 Å². The number of thiazole rings is 1. The van der Waals surface area contributed by atoms with Crippen molar-refractivity contribution in [1.82, 2.24) is 9.88 Å². The Morgan fingerprint density at radius 1 is 1.50 bits per heavy atom. The van der Waals surface area contributed by atoms with Gasteiger partial charge in [-0.05, 0) is 24.8 Å². The molecule has 1 atom stereocenters. The highest BCUT2D eigenvalue weighted by molar-refractivity contribution is 7.11. The van der Waals surface area contributed by atoms with Crippen molar-refractivity contribution < 1.29 is 0 Å². The molecule has 0 saturated carbocycles. The molecule has 2 N–H and O–H groups in total. The number of likely N-dealkylation sites (tertiary alicyclic amines) is 1. The first-order valence-corrected chi connectivity index (χ1v) is 7.20. The summed E-state index contributed by atoms with van der Waals surface area (Å²) >= 11 is 1.84. The molecule has 0 spiro atoms. The van der Waals surface area contributed by atoms with Gasteiger partial charge in [0.15, 0.2) is 0 Å². The highest BCUT2D eigenvalue weighted by Crippen LogP contribution is 2.28. The third-order valence-electron chi connectivity index (χ3n) is 3.19. The van der Waals surface area contributed by atoms with Gasteiger partial charge in [-0.15, -0.1) is 23.7 Å². The second-order valence-corrected chi connectivity index (χ2v) is 7.12. The Morgan fingerprint density at radius 2 is 2.22 bits per heavy atom. The lowest BCUT2D eigenvalue weighted by molar-refractivity contribution is 0.201. The number of hydrogen-bond donors (Lipinski definition) is 1. The quantitative estimate of drug-likeness (QED) is 0.910. The van der Waals surface area contributed by atoms with E-state index < -0.39 is 0 Å². The van der Waals surface area contributed by atoms with E-state index in [4.69, 9.17) is 5.73 Å². The second kappa shape index (κ2) is 6.33. The Kier molecular flexibility index (Phi) is 5.59. The summed E-state index contributed by atoms with van der Waals surface area (Å²) in [6.45, 7) is 9.86. The predicted octanol–water partition coefficient (Wildman–Crippen LogP) is 2.79. The normalized spacial score (nSPS) is 21.7. The topological polar surface area (TPSA) is 42.2 Å². The molecule has 1 aliphatic heterocycles. The summed E-state index contributed by atoms with van der Waals surface area (Å²) < 4.78 is 0. The summed E-state index contributed by atoms with van der Waals surface area (Å²) in [4.78, 5) is 8.34. The van der Waals surface area contributed by atoms with E-state index in [9.17, 15) is 0 Å². The van der Waals surface area contributed by atoms with E-state index in [1.54, 1.807) is 0 Å². The SMILES string of the molecule is CC(C)(C)c1cnc(CN2CCCC(N)C2)s1.Cl. The van der Waals surface area contributed by atoms with Gasteiger partial charge in [0, 0.05) is 23.7 Å². The number of piperidine rings is 1.